The van der Waals surface area contributed by atoms with Crippen LogP contribution in [0.15, 0.2) is 6.07 Å². The molecule has 0 fully saturated rings. The minimum atomic E-state index is 0.613. The van der Waals surface area contributed by atoms with Gasteiger partial charge in [0.1, 0.15) is 0 Å². The van der Waals surface area contributed by atoms with Gasteiger partial charge >= 0.3 is 0 Å². The molecule has 17 heavy (non-hydrogen) atoms. The minimum Gasteiger partial charge on any atom is -0.493 e. The molecule has 0 saturated heterocycles. The summed E-state index contributed by atoms with van der Waals surface area (Å²) in [7, 11) is 3.22. The third-order valence-electron chi connectivity index (χ3n) is 2.81. The van der Waals surface area contributed by atoms with Crippen molar-refractivity contribution in [3.63, 3.8) is 0 Å². The number of hydrogen-bond donors (Lipinski definition) is 1. The summed E-state index contributed by atoms with van der Waals surface area (Å²) in [6, 6.07) is 2.00. The van der Waals surface area contributed by atoms with Crippen LogP contribution in [0.1, 0.15) is 24.5 Å². The van der Waals surface area contributed by atoms with E-state index in [4.69, 9.17) is 26.8 Å². The number of hydrogen-bond acceptors (Lipinski definition) is 3. The fourth-order valence-corrected chi connectivity index (χ4v) is 2.36. The molecule has 2 N–H and O–H groups in total. The summed E-state index contributed by atoms with van der Waals surface area (Å²) in [5.74, 6) is 1.30. The predicted molar refractivity (Wildman–Crippen MR) is 71.3 cm³/mol. The summed E-state index contributed by atoms with van der Waals surface area (Å²) < 4.78 is 10.6. The largest absolute Gasteiger partial charge is 0.493 e. The predicted octanol–water partition coefficient (Wildman–Crippen LogP) is 2.81. The van der Waals surface area contributed by atoms with Crippen molar-refractivity contribution in [2.45, 2.75) is 26.2 Å². The highest BCUT2D eigenvalue weighted by Crippen LogP contribution is 2.40. The Hall–Kier alpha value is -0.930. The smallest absolute Gasteiger partial charge is 0.179 e. The zero-order valence-corrected chi connectivity index (χ0v) is 11.4. The van der Waals surface area contributed by atoms with E-state index < -0.39 is 0 Å². The topological polar surface area (TPSA) is 44.5 Å². The molecular weight excluding hydrogens is 238 g/mol. The van der Waals surface area contributed by atoms with Crippen LogP contribution in [0.25, 0.3) is 0 Å². The van der Waals surface area contributed by atoms with E-state index in [2.05, 4.69) is 6.92 Å². The summed E-state index contributed by atoms with van der Waals surface area (Å²) in [5, 5.41) is 0.654. The summed E-state index contributed by atoms with van der Waals surface area (Å²) >= 11 is 6.34. The fraction of sp³-hybridized carbons (Fsp3) is 0.538. The Kier molecular flexibility index (Phi) is 5.59. The van der Waals surface area contributed by atoms with Crippen molar-refractivity contribution in [3.05, 3.63) is 22.2 Å². The molecular formula is C13H20ClNO2. The van der Waals surface area contributed by atoms with Gasteiger partial charge in [0, 0.05) is 0 Å². The average Bonchev–Trinajstić information content (AvgIpc) is 2.35. The summed E-state index contributed by atoms with van der Waals surface area (Å²) in [4.78, 5) is 0. The zero-order valence-electron chi connectivity index (χ0n) is 10.7. The highest BCUT2D eigenvalue weighted by atomic mass is 35.5. The first-order valence-electron chi connectivity index (χ1n) is 5.81. The maximum atomic E-state index is 6.34. The molecule has 0 aromatic heterocycles. The molecule has 0 spiro atoms. The molecule has 0 unspecified atom stereocenters. The van der Waals surface area contributed by atoms with Crippen molar-refractivity contribution in [2.24, 2.45) is 5.73 Å². The standard InChI is InChI=1S/C13H20ClNO2/c1-4-10-9(6-5-7-15)8-11(16-2)13(17-3)12(10)14/h8H,4-7,15H2,1-3H3. The van der Waals surface area contributed by atoms with E-state index in [1.54, 1.807) is 14.2 Å². The van der Waals surface area contributed by atoms with Gasteiger partial charge in [0.2, 0.25) is 0 Å². The maximum absolute atomic E-state index is 6.34. The quantitative estimate of drug-likeness (QED) is 0.852. The van der Waals surface area contributed by atoms with E-state index in [1.807, 2.05) is 6.07 Å². The van der Waals surface area contributed by atoms with Crippen LogP contribution in [0.2, 0.25) is 5.02 Å². The van der Waals surface area contributed by atoms with E-state index in [1.165, 1.54) is 5.56 Å². The molecule has 1 aromatic carbocycles. The third kappa shape index (κ3) is 3.05. The van der Waals surface area contributed by atoms with Crippen molar-refractivity contribution in [1.82, 2.24) is 0 Å². The van der Waals surface area contributed by atoms with Gasteiger partial charge in [-0.1, -0.05) is 18.5 Å². The molecule has 1 rings (SSSR count). The normalized spacial score (nSPS) is 10.4. The van der Waals surface area contributed by atoms with Gasteiger partial charge in [0.05, 0.1) is 19.2 Å². The van der Waals surface area contributed by atoms with Crippen molar-refractivity contribution in [1.29, 1.82) is 0 Å². The lowest BCUT2D eigenvalue weighted by Crippen LogP contribution is -2.04. The van der Waals surface area contributed by atoms with Crippen LogP contribution in [0.5, 0.6) is 11.5 Å². The second-order valence-electron chi connectivity index (χ2n) is 3.81. The number of rotatable bonds is 6. The Balaban J connectivity index is 3.24. The van der Waals surface area contributed by atoms with E-state index in [9.17, 15) is 0 Å². The van der Waals surface area contributed by atoms with Crippen LogP contribution in [-0.4, -0.2) is 20.8 Å². The number of aryl methyl sites for hydroxylation is 1. The first-order chi connectivity index (χ1) is 8.19. The Morgan fingerprint density at radius 2 is 2.00 bits per heavy atom. The SMILES string of the molecule is CCc1c(CCCN)cc(OC)c(OC)c1Cl. The molecule has 0 aliphatic heterocycles. The monoisotopic (exact) mass is 257 g/mol. The van der Waals surface area contributed by atoms with Gasteiger partial charge < -0.3 is 15.2 Å². The highest BCUT2D eigenvalue weighted by Gasteiger charge is 2.16. The number of methoxy groups -OCH3 is 2. The molecule has 0 aliphatic rings. The van der Waals surface area contributed by atoms with E-state index >= 15 is 0 Å². The lowest BCUT2D eigenvalue weighted by atomic mass is 9.99. The summed E-state index contributed by atoms with van der Waals surface area (Å²) in [5.41, 5.74) is 7.86. The van der Waals surface area contributed by atoms with Gasteiger partial charge in [0.15, 0.2) is 11.5 Å². The van der Waals surface area contributed by atoms with E-state index in [0.717, 1.165) is 24.8 Å². The fourth-order valence-electron chi connectivity index (χ4n) is 1.94. The van der Waals surface area contributed by atoms with Gasteiger partial charge in [0.25, 0.3) is 0 Å². The van der Waals surface area contributed by atoms with Gasteiger partial charge in [-0.25, -0.2) is 0 Å². The molecule has 1 aromatic rings. The number of ether oxygens (including phenoxy) is 2. The highest BCUT2D eigenvalue weighted by molar-refractivity contribution is 6.33. The van der Waals surface area contributed by atoms with E-state index in [-0.39, 0.29) is 0 Å². The lowest BCUT2D eigenvalue weighted by molar-refractivity contribution is 0.354. The van der Waals surface area contributed by atoms with Crippen molar-refractivity contribution in [3.8, 4) is 11.5 Å². The molecule has 0 heterocycles. The second-order valence-corrected chi connectivity index (χ2v) is 4.19. The number of halogens is 1. The van der Waals surface area contributed by atoms with Crippen LogP contribution in [0.3, 0.4) is 0 Å². The van der Waals surface area contributed by atoms with E-state index in [0.29, 0.717) is 23.1 Å². The van der Waals surface area contributed by atoms with Crippen LogP contribution in [-0.2, 0) is 12.8 Å². The Morgan fingerprint density at radius 1 is 1.29 bits per heavy atom. The summed E-state index contributed by atoms with van der Waals surface area (Å²) in [6.45, 7) is 2.76. The second kappa shape index (κ2) is 6.72. The van der Waals surface area contributed by atoms with Gasteiger partial charge in [-0.05, 0) is 43.0 Å². The van der Waals surface area contributed by atoms with Crippen LogP contribution < -0.4 is 15.2 Å². The van der Waals surface area contributed by atoms with Crippen LogP contribution in [0, 0.1) is 0 Å². The molecule has 0 bridgehead atoms. The van der Waals surface area contributed by atoms with Gasteiger partial charge in [-0.3, -0.25) is 0 Å². The maximum Gasteiger partial charge on any atom is 0.179 e. The first-order valence-corrected chi connectivity index (χ1v) is 6.19. The summed E-state index contributed by atoms with van der Waals surface area (Å²) in [6.07, 6.45) is 2.73. The molecule has 3 nitrogen and oxygen atoms in total. The van der Waals surface area contributed by atoms with Crippen molar-refractivity contribution < 1.29 is 9.47 Å². The van der Waals surface area contributed by atoms with Crippen molar-refractivity contribution >= 4 is 11.6 Å². The molecule has 0 aliphatic carbocycles. The first kappa shape index (κ1) is 14.1. The lowest BCUT2D eigenvalue weighted by Gasteiger charge is -2.16. The molecule has 0 amide bonds. The molecule has 0 saturated carbocycles. The number of nitrogens with two attached hydrogens (primary N) is 1. The Labute approximate surface area is 108 Å². The zero-order chi connectivity index (χ0) is 12.8. The molecule has 0 radical (unpaired) electrons. The molecule has 0 atom stereocenters. The van der Waals surface area contributed by atoms with Crippen LogP contribution in [0.4, 0.5) is 0 Å². The van der Waals surface area contributed by atoms with Crippen molar-refractivity contribution in [2.75, 3.05) is 20.8 Å². The third-order valence-corrected chi connectivity index (χ3v) is 3.21. The van der Waals surface area contributed by atoms with Crippen LogP contribution >= 0.6 is 11.6 Å². The van der Waals surface area contributed by atoms with Gasteiger partial charge in [-0.15, -0.1) is 0 Å². The minimum absolute atomic E-state index is 0.613. The molecule has 96 valence electrons. The number of benzene rings is 1. The Bertz CT molecular complexity index is 380. The molecule has 4 heteroatoms. The van der Waals surface area contributed by atoms with Gasteiger partial charge in [-0.2, -0.15) is 0 Å². The average molecular weight is 258 g/mol. The Morgan fingerprint density at radius 3 is 2.47 bits per heavy atom.